The zero-order valence-electron chi connectivity index (χ0n) is 39.5. The molecule has 0 atom stereocenters. The van der Waals surface area contributed by atoms with Crippen molar-refractivity contribution in [2.24, 2.45) is 0 Å². The van der Waals surface area contributed by atoms with Gasteiger partial charge in [-0.15, -0.1) is 0 Å². The summed E-state index contributed by atoms with van der Waals surface area (Å²) in [4.78, 5) is 26.6. The number of aliphatic hydroxyl groups is 1. The lowest BCUT2D eigenvalue weighted by Gasteiger charge is -2.35. The van der Waals surface area contributed by atoms with Crippen molar-refractivity contribution in [3.8, 4) is 11.5 Å². The lowest BCUT2D eigenvalue weighted by molar-refractivity contribution is -0.144. The zero-order chi connectivity index (χ0) is 44.4. The van der Waals surface area contributed by atoms with Crippen LogP contribution >= 0.6 is 0 Å². The van der Waals surface area contributed by atoms with E-state index in [1.807, 2.05) is 18.2 Å². The largest absolute Gasteiger partial charge is 0.493 e. The maximum atomic E-state index is 12.2. The van der Waals surface area contributed by atoms with E-state index in [1.165, 1.54) is 89.9 Å². The van der Waals surface area contributed by atoms with Gasteiger partial charge in [0.25, 0.3) is 0 Å². The van der Waals surface area contributed by atoms with Gasteiger partial charge in [-0.25, -0.2) is 0 Å². The van der Waals surface area contributed by atoms with Gasteiger partial charge in [0.05, 0.1) is 32.5 Å². The highest BCUT2D eigenvalue weighted by molar-refractivity contribution is 5.69. The number of aliphatic hydroxyl groups excluding tert-OH is 1. The molecule has 1 heterocycles. The number of carbonyl (C=O) groups is 2. The van der Waals surface area contributed by atoms with E-state index in [-0.39, 0.29) is 18.0 Å². The molecule has 62 heavy (non-hydrogen) atoms. The fourth-order valence-corrected chi connectivity index (χ4v) is 7.28. The monoisotopic (exact) mass is 864 g/mol. The number of nitrogens with zero attached hydrogens (tertiary/aromatic N) is 1. The molecule has 0 unspecified atom stereocenters. The van der Waals surface area contributed by atoms with Gasteiger partial charge in [0.15, 0.2) is 0 Å². The smallest absolute Gasteiger partial charge is 0.305 e. The highest BCUT2D eigenvalue weighted by Gasteiger charge is 2.24. The molecule has 0 amide bonds. The van der Waals surface area contributed by atoms with Gasteiger partial charge in [0.1, 0.15) is 11.5 Å². The van der Waals surface area contributed by atoms with Gasteiger partial charge in [-0.3, -0.25) is 14.5 Å². The highest BCUT2D eigenvalue weighted by Crippen LogP contribution is 2.26. The Kier molecular flexibility index (Phi) is 35.7. The number of hydrogen-bond donors (Lipinski definition) is 1. The number of hydrogen-bond acceptors (Lipinski definition) is 8. The van der Waals surface area contributed by atoms with Crippen molar-refractivity contribution in [2.45, 2.75) is 206 Å². The van der Waals surface area contributed by atoms with Crippen LogP contribution in [0.4, 0.5) is 0 Å². The van der Waals surface area contributed by atoms with Crippen LogP contribution in [0.25, 0.3) is 0 Å². The summed E-state index contributed by atoms with van der Waals surface area (Å²) in [6.07, 6.45) is 47.8. The van der Waals surface area contributed by atoms with Gasteiger partial charge >= 0.3 is 11.9 Å². The molecule has 352 valence electrons. The van der Waals surface area contributed by atoms with E-state index in [1.54, 1.807) is 0 Å². The summed E-state index contributed by atoms with van der Waals surface area (Å²) in [7, 11) is 0. The minimum absolute atomic E-state index is 0.104. The fraction of sp³-hybridized carbons (Fsp3) is 0.704. The Hall–Kier alpha value is -3.36. The van der Waals surface area contributed by atoms with E-state index < -0.39 is 0 Å². The van der Waals surface area contributed by atoms with Gasteiger partial charge in [-0.2, -0.15) is 0 Å². The van der Waals surface area contributed by atoms with Gasteiger partial charge in [-0.05, 0) is 120 Å². The minimum Gasteiger partial charge on any atom is -0.493 e. The molecule has 1 fully saturated rings. The highest BCUT2D eigenvalue weighted by atomic mass is 16.5. The molecule has 0 aliphatic carbocycles. The second-order valence-corrected chi connectivity index (χ2v) is 17.2. The lowest BCUT2D eigenvalue weighted by atomic mass is 10.1. The van der Waals surface area contributed by atoms with Crippen LogP contribution in [0.15, 0.2) is 66.8 Å². The number of carbonyl (C=O) groups excluding carboxylic acids is 2. The molecule has 1 saturated heterocycles. The van der Waals surface area contributed by atoms with Gasteiger partial charge in [0.2, 0.25) is 0 Å². The molecule has 0 aromatic heterocycles. The van der Waals surface area contributed by atoms with Crippen molar-refractivity contribution in [1.82, 2.24) is 4.90 Å². The van der Waals surface area contributed by atoms with Crippen LogP contribution in [0.2, 0.25) is 0 Å². The van der Waals surface area contributed by atoms with Crippen molar-refractivity contribution >= 4 is 11.9 Å². The normalized spacial score (nSPS) is 13.5. The Morgan fingerprint density at radius 2 is 0.903 bits per heavy atom. The standard InChI is InChI=1S/C54H89NO7/c1-3-5-7-9-11-13-15-17-19-21-23-25-27-29-31-37-53(57)61-41-35-33-39-59-51-43-49(46-55-47-50(56)48-55)44-52(45-51)60-40-34-36-42-62-54(58)38-32-30-28-26-24-22-20-18-16-14-12-10-8-6-4-2/h11-14,17-20,43-45,50,56H,3-10,15-16,21-42,46-48H2,1-2H3. The predicted octanol–water partition coefficient (Wildman–Crippen LogP) is 13.9. The van der Waals surface area contributed by atoms with Crippen molar-refractivity contribution in [3.05, 3.63) is 72.4 Å². The first-order valence-electron chi connectivity index (χ1n) is 25.2. The quantitative estimate of drug-likeness (QED) is 0.0394. The van der Waals surface area contributed by atoms with Crippen molar-refractivity contribution in [2.75, 3.05) is 39.5 Å². The Bertz CT molecular complexity index is 1260. The topological polar surface area (TPSA) is 94.5 Å². The molecular weight excluding hydrogens is 775 g/mol. The average molecular weight is 864 g/mol. The second kappa shape index (κ2) is 40.4. The molecule has 8 heteroatoms. The molecule has 1 aromatic carbocycles. The summed E-state index contributed by atoms with van der Waals surface area (Å²) < 4.78 is 23.2. The zero-order valence-corrected chi connectivity index (χ0v) is 39.5. The first-order valence-corrected chi connectivity index (χ1v) is 25.2. The third-order valence-corrected chi connectivity index (χ3v) is 11.1. The van der Waals surface area contributed by atoms with E-state index in [9.17, 15) is 14.7 Å². The number of rotatable bonds is 42. The van der Waals surface area contributed by atoms with Crippen molar-refractivity contribution < 1.29 is 33.6 Å². The summed E-state index contributed by atoms with van der Waals surface area (Å²) in [5.41, 5.74) is 1.08. The van der Waals surface area contributed by atoms with Gasteiger partial charge < -0.3 is 24.1 Å². The van der Waals surface area contributed by atoms with Crippen molar-refractivity contribution in [1.29, 1.82) is 0 Å². The Morgan fingerprint density at radius 3 is 1.32 bits per heavy atom. The average Bonchev–Trinajstić information content (AvgIpc) is 3.25. The fourth-order valence-electron chi connectivity index (χ4n) is 7.28. The van der Waals surface area contributed by atoms with Crippen LogP contribution in [0.1, 0.15) is 199 Å². The molecule has 0 bridgehead atoms. The molecule has 1 aromatic rings. The molecule has 1 N–H and O–H groups in total. The van der Waals surface area contributed by atoms with Gasteiger partial charge in [0, 0.05) is 38.5 Å². The number of unbranched alkanes of at least 4 members (excludes halogenated alkanes) is 18. The Morgan fingerprint density at radius 1 is 0.516 bits per heavy atom. The molecule has 0 radical (unpaired) electrons. The Balaban J connectivity index is 1.50. The lowest BCUT2D eigenvalue weighted by Crippen LogP contribution is -2.49. The summed E-state index contributed by atoms with van der Waals surface area (Å²) >= 11 is 0. The summed E-state index contributed by atoms with van der Waals surface area (Å²) in [6.45, 7) is 8.42. The van der Waals surface area contributed by atoms with E-state index in [0.717, 1.165) is 101 Å². The maximum Gasteiger partial charge on any atom is 0.305 e. The van der Waals surface area contributed by atoms with Crippen LogP contribution in [0.5, 0.6) is 11.5 Å². The number of esters is 2. The van der Waals surface area contributed by atoms with Crippen molar-refractivity contribution in [3.63, 3.8) is 0 Å². The molecule has 2 rings (SSSR count). The number of β-amino-alcohol motifs (C(OH)–C–C–N with tert-alkyl or cyclic N) is 1. The number of ether oxygens (including phenoxy) is 4. The first-order chi connectivity index (χ1) is 30.5. The minimum atomic E-state index is -0.256. The van der Waals surface area contributed by atoms with Crippen LogP contribution in [-0.2, 0) is 25.6 Å². The molecular formula is C54H89NO7. The molecule has 0 spiro atoms. The van der Waals surface area contributed by atoms with Crippen LogP contribution in [0, 0.1) is 0 Å². The number of benzene rings is 1. The van der Waals surface area contributed by atoms with Gasteiger partial charge in [-0.1, -0.05) is 127 Å². The van der Waals surface area contributed by atoms with E-state index in [4.69, 9.17) is 18.9 Å². The Labute approximate surface area is 379 Å². The van der Waals surface area contributed by atoms with E-state index in [2.05, 4.69) is 67.4 Å². The molecule has 1 aliphatic rings. The second-order valence-electron chi connectivity index (χ2n) is 17.2. The number of likely N-dealkylation sites (tertiary alicyclic amines) is 1. The van der Waals surface area contributed by atoms with E-state index in [0.29, 0.717) is 52.4 Å². The predicted molar refractivity (Wildman–Crippen MR) is 258 cm³/mol. The molecule has 1 aliphatic heterocycles. The summed E-state index contributed by atoms with van der Waals surface area (Å²) in [5.74, 6) is 1.29. The summed E-state index contributed by atoms with van der Waals surface area (Å²) in [5, 5.41) is 9.76. The first kappa shape index (κ1) is 54.8. The summed E-state index contributed by atoms with van der Waals surface area (Å²) in [6, 6.07) is 6.00. The SMILES string of the molecule is CCCCCC=CCC=CCCCCCCCC(=O)OCCCCOc1cc(CN2CC(O)C2)cc(OCCCCOC(=O)CCCCCCCC=CCC=CCCCCC)c1. The third kappa shape index (κ3) is 33.2. The molecule has 8 nitrogen and oxygen atoms in total. The number of allylic oxidation sites excluding steroid dienone is 8. The maximum absolute atomic E-state index is 12.2. The third-order valence-electron chi connectivity index (χ3n) is 11.1. The van der Waals surface area contributed by atoms with E-state index >= 15 is 0 Å². The van der Waals surface area contributed by atoms with Crippen LogP contribution in [-0.4, -0.2) is 67.6 Å². The molecule has 0 saturated carbocycles. The van der Waals surface area contributed by atoms with Crippen LogP contribution < -0.4 is 9.47 Å². The van der Waals surface area contributed by atoms with Crippen LogP contribution in [0.3, 0.4) is 0 Å².